The van der Waals surface area contributed by atoms with E-state index in [0.717, 1.165) is 0 Å². The maximum Gasteiger partial charge on any atom is 0.335 e. The monoisotopic (exact) mass is 318 g/mol. The number of rotatable bonds is 4. The summed E-state index contributed by atoms with van der Waals surface area (Å²) in [5.74, 6) is -1.40. The van der Waals surface area contributed by atoms with Crippen LogP contribution >= 0.6 is 15.9 Å². The number of aromatic carboxylic acids is 1. The van der Waals surface area contributed by atoms with Crippen LogP contribution in [0.2, 0.25) is 0 Å². The number of carbonyl (C=O) groups is 1. The molecule has 0 fully saturated rings. The average molecular weight is 319 g/mol. The zero-order valence-corrected chi connectivity index (χ0v) is 11.5. The van der Waals surface area contributed by atoms with Crippen molar-refractivity contribution in [1.82, 2.24) is 0 Å². The van der Waals surface area contributed by atoms with Gasteiger partial charge in [-0.1, -0.05) is 28.6 Å². The van der Waals surface area contributed by atoms with Crippen LogP contribution in [0.5, 0.6) is 0 Å². The van der Waals surface area contributed by atoms with Crippen LogP contribution < -0.4 is 0 Å². The van der Waals surface area contributed by atoms with E-state index in [1.54, 1.807) is 6.92 Å². The minimum absolute atomic E-state index is 0.00809. The molecule has 6 heteroatoms. The first kappa shape index (κ1) is 13.9. The fraction of sp³-hybridized carbons (Fsp3) is 0.182. The van der Waals surface area contributed by atoms with Crippen LogP contribution in [0.15, 0.2) is 34.2 Å². The van der Waals surface area contributed by atoms with E-state index in [2.05, 4.69) is 22.5 Å². The third kappa shape index (κ3) is 3.41. The van der Waals surface area contributed by atoms with Gasteiger partial charge in [-0.25, -0.2) is 13.2 Å². The summed E-state index contributed by atoms with van der Waals surface area (Å²) in [6.45, 7) is 5.08. The molecule has 1 aromatic carbocycles. The maximum atomic E-state index is 11.8. The van der Waals surface area contributed by atoms with Gasteiger partial charge >= 0.3 is 5.97 Å². The lowest BCUT2D eigenvalue weighted by molar-refractivity contribution is 0.0696. The summed E-state index contributed by atoms with van der Waals surface area (Å²) in [4.78, 5) is 10.9. The Morgan fingerprint density at radius 3 is 2.53 bits per heavy atom. The van der Waals surface area contributed by atoms with Gasteiger partial charge in [0.25, 0.3) is 0 Å². The summed E-state index contributed by atoms with van der Waals surface area (Å²) < 4.78 is 24.0. The SMILES string of the molecule is C=C(Br)CS(=O)(=O)c1ccc(C)c(C(=O)O)c1. The number of hydrogen-bond donors (Lipinski definition) is 1. The summed E-state index contributed by atoms with van der Waals surface area (Å²) in [6.07, 6.45) is 0. The van der Waals surface area contributed by atoms with Gasteiger partial charge < -0.3 is 5.11 Å². The summed E-state index contributed by atoms with van der Waals surface area (Å²) >= 11 is 2.98. The summed E-state index contributed by atoms with van der Waals surface area (Å²) in [5, 5.41) is 8.92. The van der Waals surface area contributed by atoms with Crippen LogP contribution in [0, 0.1) is 6.92 Å². The molecule has 0 aliphatic carbocycles. The van der Waals surface area contributed by atoms with Gasteiger partial charge in [0.15, 0.2) is 9.84 Å². The first-order chi connectivity index (χ1) is 7.74. The third-order valence-electron chi connectivity index (χ3n) is 2.15. The first-order valence-electron chi connectivity index (χ1n) is 4.64. The van der Waals surface area contributed by atoms with Gasteiger partial charge in [-0.2, -0.15) is 0 Å². The second-order valence-electron chi connectivity index (χ2n) is 3.56. The van der Waals surface area contributed by atoms with Crippen molar-refractivity contribution < 1.29 is 18.3 Å². The maximum absolute atomic E-state index is 11.8. The fourth-order valence-corrected chi connectivity index (χ4v) is 3.37. The molecule has 0 aromatic heterocycles. The molecule has 0 radical (unpaired) electrons. The van der Waals surface area contributed by atoms with Gasteiger partial charge in [0.2, 0.25) is 0 Å². The lowest BCUT2D eigenvalue weighted by atomic mass is 10.1. The molecule has 1 aromatic rings. The molecule has 0 unspecified atom stereocenters. The Hall–Kier alpha value is -1.14. The average Bonchev–Trinajstić information content (AvgIpc) is 2.15. The van der Waals surface area contributed by atoms with Crippen LogP contribution in [0.3, 0.4) is 0 Å². The zero-order chi connectivity index (χ0) is 13.2. The molecule has 0 bridgehead atoms. The van der Waals surface area contributed by atoms with Gasteiger partial charge in [0, 0.05) is 4.48 Å². The van der Waals surface area contributed by atoms with E-state index in [1.165, 1.54) is 18.2 Å². The molecule has 1 rings (SSSR count). The number of halogens is 1. The second kappa shape index (κ2) is 5.01. The molecule has 17 heavy (non-hydrogen) atoms. The van der Waals surface area contributed by atoms with E-state index in [9.17, 15) is 13.2 Å². The van der Waals surface area contributed by atoms with Crippen molar-refractivity contribution >= 4 is 31.7 Å². The number of sulfone groups is 1. The number of hydrogen-bond acceptors (Lipinski definition) is 3. The van der Waals surface area contributed by atoms with Crippen molar-refractivity contribution in [3.8, 4) is 0 Å². The van der Waals surface area contributed by atoms with Gasteiger partial charge in [0.1, 0.15) is 0 Å². The Balaban J connectivity index is 3.30. The lowest BCUT2D eigenvalue weighted by Gasteiger charge is -2.06. The van der Waals surface area contributed by atoms with E-state index in [1.807, 2.05) is 0 Å². The molecule has 0 aliphatic heterocycles. The Bertz CT molecular complexity index is 575. The summed E-state index contributed by atoms with van der Waals surface area (Å²) in [5.41, 5.74) is 0.514. The molecule has 4 nitrogen and oxygen atoms in total. The van der Waals surface area contributed by atoms with Crippen molar-refractivity contribution in [2.45, 2.75) is 11.8 Å². The number of carboxylic acids is 1. The molecule has 0 aliphatic rings. The van der Waals surface area contributed by atoms with Gasteiger partial charge in [-0.05, 0) is 24.6 Å². The number of aryl methyl sites for hydroxylation is 1. The summed E-state index contributed by atoms with van der Waals surface area (Å²) in [7, 11) is -3.54. The smallest absolute Gasteiger partial charge is 0.335 e. The largest absolute Gasteiger partial charge is 0.478 e. The number of carboxylic acid groups (broad SMARTS) is 1. The van der Waals surface area contributed by atoms with Crippen LogP contribution in [-0.2, 0) is 9.84 Å². The van der Waals surface area contributed by atoms with Crippen LogP contribution in [0.1, 0.15) is 15.9 Å². The minimum Gasteiger partial charge on any atom is -0.478 e. The van der Waals surface area contributed by atoms with Gasteiger partial charge in [-0.15, -0.1) is 0 Å². The normalized spacial score (nSPS) is 11.2. The van der Waals surface area contributed by atoms with Gasteiger partial charge in [-0.3, -0.25) is 0 Å². The zero-order valence-electron chi connectivity index (χ0n) is 9.10. The Morgan fingerprint density at radius 2 is 2.06 bits per heavy atom. The van der Waals surface area contributed by atoms with Crippen molar-refractivity contribution in [2.24, 2.45) is 0 Å². The van der Waals surface area contributed by atoms with Crippen LogP contribution in [0.4, 0.5) is 0 Å². The molecule has 92 valence electrons. The van der Waals surface area contributed by atoms with Gasteiger partial charge in [0.05, 0.1) is 16.2 Å². The lowest BCUT2D eigenvalue weighted by Crippen LogP contribution is -2.09. The topological polar surface area (TPSA) is 71.4 Å². The van der Waals surface area contributed by atoms with E-state index in [0.29, 0.717) is 10.0 Å². The molecule has 0 atom stereocenters. The molecule has 0 saturated heterocycles. The molecular weight excluding hydrogens is 308 g/mol. The van der Waals surface area contributed by atoms with Crippen molar-refractivity contribution in [3.05, 3.63) is 40.4 Å². The Labute approximate surface area is 108 Å². The Kier molecular flexibility index (Phi) is 4.11. The highest BCUT2D eigenvalue weighted by atomic mass is 79.9. The van der Waals surface area contributed by atoms with E-state index in [4.69, 9.17) is 5.11 Å². The fourth-order valence-electron chi connectivity index (χ4n) is 1.31. The van der Waals surface area contributed by atoms with Crippen molar-refractivity contribution in [2.75, 3.05) is 5.75 Å². The first-order valence-corrected chi connectivity index (χ1v) is 7.08. The molecule has 0 saturated carbocycles. The molecule has 1 N–H and O–H groups in total. The third-order valence-corrected chi connectivity index (χ3v) is 4.50. The van der Waals surface area contributed by atoms with E-state index < -0.39 is 15.8 Å². The van der Waals surface area contributed by atoms with Crippen LogP contribution in [-0.4, -0.2) is 25.2 Å². The van der Waals surface area contributed by atoms with Crippen molar-refractivity contribution in [3.63, 3.8) is 0 Å². The van der Waals surface area contributed by atoms with E-state index in [-0.39, 0.29) is 16.2 Å². The highest BCUT2D eigenvalue weighted by molar-refractivity contribution is 9.11. The standard InChI is InChI=1S/C11H11BrO4S/c1-7-3-4-9(5-10(7)11(13)14)17(15,16)6-8(2)12/h3-5H,2,6H2,1H3,(H,13,14). The quantitative estimate of drug-likeness (QED) is 0.925. The highest BCUT2D eigenvalue weighted by Gasteiger charge is 2.18. The Morgan fingerprint density at radius 1 is 1.47 bits per heavy atom. The molecule has 0 spiro atoms. The number of benzene rings is 1. The predicted octanol–water partition coefficient (Wildman–Crippen LogP) is 2.38. The molecular formula is C11H11BrO4S. The second-order valence-corrected chi connectivity index (χ2v) is 6.67. The minimum atomic E-state index is -3.54. The highest BCUT2D eigenvalue weighted by Crippen LogP contribution is 2.19. The molecule has 0 heterocycles. The van der Waals surface area contributed by atoms with E-state index >= 15 is 0 Å². The predicted molar refractivity (Wildman–Crippen MR) is 68.3 cm³/mol. The molecule has 0 amide bonds. The van der Waals surface area contributed by atoms with Crippen LogP contribution in [0.25, 0.3) is 0 Å². The van der Waals surface area contributed by atoms with Crippen molar-refractivity contribution in [1.29, 1.82) is 0 Å². The summed E-state index contributed by atoms with van der Waals surface area (Å²) in [6, 6.07) is 4.04.